The molecule has 29 heavy (non-hydrogen) atoms. The van der Waals surface area contributed by atoms with E-state index in [1.807, 2.05) is 16.8 Å². The van der Waals surface area contributed by atoms with Crippen molar-refractivity contribution in [2.24, 2.45) is 7.05 Å². The van der Waals surface area contributed by atoms with Gasteiger partial charge in [0.25, 0.3) is 5.56 Å². The first-order chi connectivity index (χ1) is 14.0. The maximum atomic E-state index is 13.1. The molecule has 1 amide bonds. The van der Waals surface area contributed by atoms with Crippen LogP contribution in [0, 0.1) is 0 Å². The number of likely N-dealkylation sites (tertiary alicyclic amines) is 1. The second-order valence-electron chi connectivity index (χ2n) is 7.76. The minimum absolute atomic E-state index is 0.151. The normalized spacial score (nSPS) is 20.7. The number of nitrogens with zero attached hydrogens (tertiary/aromatic N) is 7. The second kappa shape index (κ2) is 8.28. The fourth-order valence-electron chi connectivity index (χ4n) is 4.03. The zero-order valence-corrected chi connectivity index (χ0v) is 17.0. The first kappa shape index (κ1) is 19.5. The van der Waals surface area contributed by atoms with Gasteiger partial charge in [0.05, 0.1) is 11.4 Å². The second-order valence-corrected chi connectivity index (χ2v) is 7.76. The summed E-state index contributed by atoms with van der Waals surface area (Å²) in [6.07, 6.45) is 6.41. The number of rotatable bonds is 3. The largest absolute Gasteiger partial charge is 0.341 e. The molecule has 0 bridgehead atoms. The molecular weight excluding hydrogens is 370 g/mol. The maximum Gasteiger partial charge on any atom is 0.255 e. The Balaban J connectivity index is 1.61. The third kappa shape index (κ3) is 4.00. The smallest absolute Gasteiger partial charge is 0.255 e. The summed E-state index contributed by atoms with van der Waals surface area (Å²) >= 11 is 0. The Labute approximate surface area is 170 Å². The summed E-state index contributed by atoms with van der Waals surface area (Å²) in [6, 6.07) is 2.98. The summed E-state index contributed by atoms with van der Waals surface area (Å²) in [5.41, 5.74) is 0.971. The van der Waals surface area contributed by atoms with Crippen LogP contribution < -0.4 is 10.5 Å². The van der Waals surface area contributed by atoms with Crippen molar-refractivity contribution < 1.29 is 4.79 Å². The molecule has 2 saturated heterocycles. The molecule has 2 aromatic heterocycles. The minimum atomic E-state index is -0.235. The molecular formula is C20H27N7O2. The van der Waals surface area contributed by atoms with Crippen molar-refractivity contribution in [3.63, 3.8) is 0 Å². The molecule has 9 heteroatoms. The van der Waals surface area contributed by atoms with Gasteiger partial charge in [0.1, 0.15) is 12.4 Å². The standard InChI is InChI=1S/C20H27N7O2/c1-24-10-11-27(13-17(24)19(29)26-8-4-3-5-9-26)20-23-16(12-18(28)25(20)2)15-6-7-21-14-22-15/h6-7,12,14,17H,3-5,8-11,13H2,1-2H3. The van der Waals surface area contributed by atoms with E-state index in [-0.39, 0.29) is 17.5 Å². The van der Waals surface area contributed by atoms with Gasteiger partial charge in [0.15, 0.2) is 0 Å². The summed E-state index contributed by atoms with van der Waals surface area (Å²) in [5, 5.41) is 0. The SMILES string of the molecule is CN1CCN(c2nc(-c3ccncn3)cc(=O)n2C)CC1C(=O)N1CCCCC1. The zero-order chi connectivity index (χ0) is 20.4. The number of aromatic nitrogens is 4. The first-order valence-electron chi connectivity index (χ1n) is 10.1. The molecule has 0 saturated carbocycles. The molecule has 2 aliphatic rings. The van der Waals surface area contributed by atoms with Crippen molar-refractivity contribution in [2.75, 3.05) is 44.7 Å². The predicted molar refractivity (Wildman–Crippen MR) is 110 cm³/mol. The fraction of sp³-hybridized carbons (Fsp3) is 0.550. The Morgan fingerprint density at radius 2 is 1.86 bits per heavy atom. The van der Waals surface area contributed by atoms with E-state index in [1.54, 1.807) is 23.9 Å². The van der Waals surface area contributed by atoms with Crippen LogP contribution in [0.4, 0.5) is 5.95 Å². The topological polar surface area (TPSA) is 87.5 Å². The first-order valence-corrected chi connectivity index (χ1v) is 10.1. The van der Waals surface area contributed by atoms with Gasteiger partial charge in [0.2, 0.25) is 11.9 Å². The van der Waals surface area contributed by atoms with Gasteiger partial charge in [-0.05, 0) is 32.4 Å². The zero-order valence-electron chi connectivity index (χ0n) is 17.0. The van der Waals surface area contributed by atoms with Gasteiger partial charge in [-0.15, -0.1) is 0 Å². The third-order valence-electron chi connectivity index (χ3n) is 5.84. The molecule has 0 aromatic carbocycles. The van der Waals surface area contributed by atoms with Gasteiger partial charge >= 0.3 is 0 Å². The van der Waals surface area contributed by atoms with Crippen LogP contribution in [-0.2, 0) is 11.8 Å². The number of hydrogen-bond acceptors (Lipinski definition) is 7. The highest BCUT2D eigenvalue weighted by molar-refractivity contribution is 5.83. The summed E-state index contributed by atoms with van der Waals surface area (Å²) < 4.78 is 1.54. The van der Waals surface area contributed by atoms with E-state index in [9.17, 15) is 9.59 Å². The number of carbonyl (C=O) groups is 1. The van der Waals surface area contributed by atoms with Crippen LogP contribution in [0.15, 0.2) is 29.5 Å². The fourth-order valence-corrected chi connectivity index (χ4v) is 4.03. The lowest BCUT2D eigenvalue weighted by Gasteiger charge is -2.41. The molecule has 2 aliphatic heterocycles. The lowest BCUT2D eigenvalue weighted by molar-refractivity contribution is -0.137. The van der Waals surface area contributed by atoms with Crippen molar-refractivity contribution in [1.29, 1.82) is 0 Å². The van der Waals surface area contributed by atoms with Gasteiger partial charge in [0, 0.05) is 52.0 Å². The molecule has 0 N–H and O–H groups in total. The van der Waals surface area contributed by atoms with E-state index >= 15 is 0 Å². The predicted octanol–water partition coefficient (Wildman–Crippen LogP) is 0.370. The van der Waals surface area contributed by atoms with Crippen LogP contribution >= 0.6 is 0 Å². The molecule has 0 aliphatic carbocycles. The van der Waals surface area contributed by atoms with E-state index in [1.165, 1.54) is 18.8 Å². The van der Waals surface area contributed by atoms with E-state index in [0.717, 1.165) is 32.5 Å². The molecule has 4 rings (SSSR count). The highest BCUT2D eigenvalue weighted by atomic mass is 16.2. The lowest BCUT2D eigenvalue weighted by atomic mass is 10.1. The van der Waals surface area contributed by atoms with Crippen molar-refractivity contribution in [1.82, 2.24) is 29.3 Å². The van der Waals surface area contributed by atoms with Crippen molar-refractivity contribution in [3.8, 4) is 11.4 Å². The summed E-state index contributed by atoms with van der Waals surface area (Å²) in [4.78, 5) is 44.7. The maximum absolute atomic E-state index is 13.1. The van der Waals surface area contributed by atoms with E-state index in [2.05, 4.69) is 14.9 Å². The third-order valence-corrected chi connectivity index (χ3v) is 5.84. The number of carbonyl (C=O) groups excluding carboxylic acids is 1. The number of piperazine rings is 1. The van der Waals surface area contributed by atoms with Gasteiger partial charge < -0.3 is 9.80 Å². The van der Waals surface area contributed by atoms with Gasteiger partial charge in [-0.2, -0.15) is 0 Å². The quantitative estimate of drug-likeness (QED) is 0.739. The Hall–Kier alpha value is -2.81. The molecule has 2 aromatic rings. The molecule has 154 valence electrons. The van der Waals surface area contributed by atoms with Crippen molar-refractivity contribution in [2.45, 2.75) is 25.3 Å². The van der Waals surface area contributed by atoms with Crippen molar-refractivity contribution >= 4 is 11.9 Å². The van der Waals surface area contributed by atoms with E-state index < -0.39 is 0 Å². The Morgan fingerprint density at radius 3 is 2.59 bits per heavy atom. The van der Waals surface area contributed by atoms with Gasteiger partial charge in [-0.25, -0.2) is 15.0 Å². The van der Waals surface area contributed by atoms with Gasteiger partial charge in [-0.1, -0.05) is 0 Å². The van der Waals surface area contributed by atoms with Crippen LogP contribution in [0.2, 0.25) is 0 Å². The number of likely N-dealkylation sites (N-methyl/N-ethyl adjacent to an activating group) is 1. The number of anilines is 1. The number of piperidine rings is 1. The van der Waals surface area contributed by atoms with Crippen LogP contribution in [-0.4, -0.2) is 81.0 Å². The van der Waals surface area contributed by atoms with Crippen molar-refractivity contribution in [3.05, 3.63) is 35.0 Å². The van der Waals surface area contributed by atoms with Crippen LogP contribution in [0.25, 0.3) is 11.4 Å². The molecule has 4 heterocycles. The molecule has 1 unspecified atom stereocenters. The molecule has 9 nitrogen and oxygen atoms in total. The molecule has 0 spiro atoms. The lowest BCUT2D eigenvalue weighted by Crippen LogP contribution is -2.59. The Morgan fingerprint density at radius 1 is 1.07 bits per heavy atom. The average molecular weight is 397 g/mol. The molecule has 1 atom stereocenters. The molecule has 0 radical (unpaired) electrons. The van der Waals surface area contributed by atoms with Gasteiger partial charge in [-0.3, -0.25) is 19.1 Å². The van der Waals surface area contributed by atoms with E-state index in [0.29, 0.717) is 30.4 Å². The average Bonchev–Trinajstić information content (AvgIpc) is 2.77. The van der Waals surface area contributed by atoms with Crippen LogP contribution in [0.1, 0.15) is 19.3 Å². The summed E-state index contributed by atoms with van der Waals surface area (Å²) in [6.45, 7) is 3.62. The highest BCUT2D eigenvalue weighted by Crippen LogP contribution is 2.21. The Kier molecular flexibility index (Phi) is 5.57. The summed E-state index contributed by atoms with van der Waals surface area (Å²) in [5.74, 6) is 0.740. The number of hydrogen-bond donors (Lipinski definition) is 0. The Bertz CT molecular complexity index is 924. The van der Waals surface area contributed by atoms with E-state index in [4.69, 9.17) is 4.98 Å². The highest BCUT2D eigenvalue weighted by Gasteiger charge is 2.34. The van der Waals surface area contributed by atoms with Crippen LogP contribution in [0.5, 0.6) is 0 Å². The van der Waals surface area contributed by atoms with Crippen LogP contribution in [0.3, 0.4) is 0 Å². The number of amides is 1. The minimum Gasteiger partial charge on any atom is -0.341 e. The molecule has 2 fully saturated rings. The monoisotopic (exact) mass is 397 g/mol. The summed E-state index contributed by atoms with van der Waals surface area (Å²) in [7, 11) is 3.71.